The third kappa shape index (κ3) is 6.01. The first kappa shape index (κ1) is 23.3. The van der Waals surface area contributed by atoms with Gasteiger partial charge in [-0.1, -0.05) is 26.0 Å². The molecular weight excluding hydrogens is 481 g/mol. The van der Waals surface area contributed by atoms with E-state index in [-0.39, 0.29) is 30.1 Å². The van der Waals surface area contributed by atoms with Crippen LogP contribution in [0.4, 0.5) is 0 Å². The highest BCUT2D eigenvalue weighted by atomic mass is 127. The molecule has 1 atom stereocenters. The molecule has 8 heteroatoms. The Balaban J connectivity index is 0.00000300. The van der Waals surface area contributed by atoms with Crippen LogP contribution in [-0.4, -0.2) is 53.5 Å². The molecule has 0 bridgehead atoms. The monoisotopic (exact) mass is 513 g/mol. The number of nitrogens with zero attached hydrogens (tertiary/aromatic N) is 4. The summed E-state index contributed by atoms with van der Waals surface area (Å²) in [7, 11) is 4.01. The van der Waals surface area contributed by atoms with Crippen molar-refractivity contribution in [2.45, 2.75) is 39.3 Å². The molecule has 0 saturated carbocycles. The molecule has 0 fully saturated rings. The van der Waals surface area contributed by atoms with Gasteiger partial charge < -0.3 is 19.7 Å². The molecule has 1 aliphatic rings. The number of nitrogens with one attached hydrogen (secondary N) is 1. The molecule has 0 aliphatic carbocycles. The summed E-state index contributed by atoms with van der Waals surface area (Å²) in [5, 5.41) is 7.97. The van der Waals surface area contributed by atoms with E-state index >= 15 is 0 Å². The van der Waals surface area contributed by atoms with E-state index in [1.165, 1.54) is 5.56 Å². The lowest BCUT2D eigenvalue weighted by Gasteiger charge is -2.27. The zero-order valence-electron chi connectivity index (χ0n) is 17.9. The normalized spacial score (nSPS) is 15.8. The first-order valence-corrected chi connectivity index (χ1v) is 9.88. The van der Waals surface area contributed by atoms with Crippen molar-refractivity contribution in [3.63, 3.8) is 0 Å². The Morgan fingerprint density at radius 1 is 1.34 bits per heavy atom. The van der Waals surface area contributed by atoms with E-state index in [1.807, 2.05) is 43.0 Å². The Morgan fingerprint density at radius 2 is 2.07 bits per heavy atom. The van der Waals surface area contributed by atoms with Gasteiger partial charge >= 0.3 is 0 Å². The van der Waals surface area contributed by atoms with Crippen LogP contribution in [0.3, 0.4) is 0 Å². The second kappa shape index (κ2) is 10.7. The maximum absolute atomic E-state index is 6.02. The van der Waals surface area contributed by atoms with E-state index in [1.54, 1.807) is 0 Å². The van der Waals surface area contributed by atoms with Gasteiger partial charge in [-0.3, -0.25) is 4.68 Å². The second-order valence-electron chi connectivity index (χ2n) is 7.42. The topological polar surface area (TPSA) is 63.9 Å². The molecule has 3 rings (SSSR count). The Labute approximate surface area is 190 Å². The molecule has 7 nitrogen and oxygen atoms in total. The van der Waals surface area contributed by atoms with Crippen LogP contribution < -0.4 is 14.8 Å². The Bertz CT molecular complexity index is 821. The number of aliphatic imine (C=N–C) groups is 1. The molecule has 1 N–H and O–H groups in total. The van der Waals surface area contributed by atoms with Crippen molar-refractivity contribution in [2.24, 2.45) is 12.0 Å². The second-order valence-corrected chi connectivity index (χ2v) is 7.42. The highest BCUT2D eigenvalue weighted by molar-refractivity contribution is 14.0. The predicted molar refractivity (Wildman–Crippen MR) is 127 cm³/mol. The van der Waals surface area contributed by atoms with E-state index in [9.17, 15) is 0 Å². The highest BCUT2D eigenvalue weighted by Crippen LogP contribution is 2.30. The quantitative estimate of drug-likeness (QED) is 0.365. The largest absolute Gasteiger partial charge is 0.486 e. The van der Waals surface area contributed by atoms with Crippen LogP contribution in [0.25, 0.3) is 0 Å². The number of hydrogen-bond acceptors (Lipinski definition) is 4. The molecule has 0 amide bonds. The molecule has 0 radical (unpaired) electrons. The standard InChI is InChI=1S/C21H31N5O2.HI/c1-6-22-21(25(4)12-16-13-26(5)24-20(16)15(2)3)23-11-17-14-27-18-9-7-8-10-19(18)28-17;/h7-10,13,15,17H,6,11-12,14H2,1-5H3,(H,22,23);1H. The minimum Gasteiger partial charge on any atom is -0.486 e. The van der Waals surface area contributed by atoms with Crippen molar-refractivity contribution in [2.75, 3.05) is 26.7 Å². The van der Waals surface area contributed by atoms with Crippen LogP contribution in [0.15, 0.2) is 35.5 Å². The van der Waals surface area contributed by atoms with Crippen LogP contribution in [0.2, 0.25) is 0 Å². The van der Waals surface area contributed by atoms with Crippen LogP contribution in [0.5, 0.6) is 11.5 Å². The van der Waals surface area contributed by atoms with Gasteiger partial charge in [-0.25, -0.2) is 4.99 Å². The number of guanidine groups is 1. The van der Waals surface area contributed by atoms with Gasteiger partial charge in [0.1, 0.15) is 6.61 Å². The lowest BCUT2D eigenvalue weighted by atomic mass is 10.1. The van der Waals surface area contributed by atoms with E-state index in [0.29, 0.717) is 19.1 Å². The third-order valence-electron chi connectivity index (χ3n) is 4.60. The molecular formula is C21H32IN5O2. The predicted octanol–water partition coefficient (Wildman–Crippen LogP) is 3.40. The molecule has 1 aromatic heterocycles. The summed E-state index contributed by atoms with van der Waals surface area (Å²) in [6.45, 7) is 9.00. The zero-order chi connectivity index (χ0) is 20.1. The number of hydrogen-bond donors (Lipinski definition) is 1. The van der Waals surface area contributed by atoms with Crippen LogP contribution in [0.1, 0.15) is 37.9 Å². The maximum atomic E-state index is 6.02. The van der Waals surface area contributed by atoms with E-state index < -0.39 is 0 Å². The summed E-state index contributed by atoms with van der Waals surface area (Å²) in [6, 6.07) is 7.75. The van der Waals surface area contributed by atoms with Crippen molar-refractivity contribution < 1.29 is 9.47 Å². The SMILES string of the molecule is CCNC(=NCC1COc2ccccc2O1)N(C)Cc1cn(C)nc1C(C)C.I. The first-order valence-electron chi connectivity index (χ1n) is 9.88. The summed E-state index contributed by atoms with van der Waals surface area (Å²) in [4.78, 5) is 6.92. The van der Waals surface area contributed by atoms with E-state index in [4.69, 9.17) is 14.5 Å². The lowest BCUT2D eigenvalue weighted by molar-refractivity contribution is 0.0969. The summed E-state index contributed by atoms with van der Waals surface area (Å²) in [5.41, 5.74) is 2.35. The van der Waals surface area contributed by atoms with Crippen LogP contribution in [0, 0.1) is 0 Å². The molecule has 29 heavy (non-hydrogen) atoms. The molecule has 0 saturated heterocycles. The maximum Gasteiger partial charge on any atom is 0.194 e. The fraction of sp³-hybridized carbons (Fsp3) is 0.524. The molecule has 160 valence electrons. The summed E-state index contributed by atoms with van der Waals surface area (Å²) >= 11 is 0. The molecule has 1 aromatic carbocycles. The zero-order valence-corrected chi connectivity index (χ0v) is 20.2. The molecule has 1 unspecified atom stereocenters. The minimum absolute atomic E-state index is 0. The number of aromatic nitrogens is 2. The number of para-hydroxylation sites is 2. The van der Waals surface area contributed by atoms with Gasteiger partial charge in [-0.2, -0.15) is 5.10 Å². The number of aryl methyl sites for hydroxylation is 1. The van der Waals surface area contributed by atoms with Gasteiger partial charge in [-0.15, -0.1) is 24.0 Å². The van der Waals surface area contributed by atoms with Crippen molar-refractivity contribution in [3.05, 3.63) is 41.7 Å². The summed E-state index contributed by atoms with van der Waals surface area (Å²) in [6.07, 6.45) is 1.99. The summed E-state index contributed by atoms with van der Waals surface area (Å²) in [5.74, 6) is 2.81. The Morgan fingerprint density at radius 3 is 2.76 bits per heavy atom. The Kier molecular flexibility index (Phi) is 8.60. The molecule has 2 heterocycles. The van der Waals surface area contributed by atoms with Crippen molar-refractivity contribution in [1.29, 1.82) is 0 Å². The van der Waals surface area contributed by atoms with Gasteiger partial charge in [0, 0.05) is 38.9 Å². The van der Waals surface area contributed by atoms with Crippen molar-refractivity contribution >= 4 is 29.9 Å². The fourth-order valence-electron chi connectivity index (χ4n) is 3.30. The smallest absolute Gasteiger partial charge is 0.194 e. The molecule has 1 aliphatic heterocycles. The molecule has 2 aromatic rings. The van der Waals surface area contributed by atoms with E-state index in [2.05, 4.69) is 42.3 Å². The van der Waals surface area contributed by atoms with Crippen molar-refractivity contribution in [1.82, 2.24) is 20.0 Å². The minimum atomic E-state index is -0.0958. The number of benzene rings is 1. The van der Waals surface area contributed by atoms with Crippen LogP contribution in [-0.2, 0) is 13.6 Å². The van der Waals surface area contributed by atoms with Crippen LogP contribution >= 0.6 is 24.0 Å². The third-order valence-corrected chi connectivity index (χ3v) is 4.60. The first-order chi connectivity index (χ1) is 13.5. The van der Waals surface area contributed by atoms with Crippen molar-refractivity contribution in [3.8, 4) is 11.5 Å². The van der Waals surface area contributed by atoms with Gasteiger partial charge in [0.2, 0.25) is 0 Å². The van der Waals surface area contributed by atoms with Gasteiger partial charge in [0.15, 0.2) is 23.6 Å². The number of ether oxygens (including phenoxy) is 2. The molecule has 0 spiro atoms. The Hall–Kier alpha value is -1.97. The average molecular weight is 513 g/mol. The number of rotatable bonds is 6. The average Bonchev–Trinajstić information content (AvgIpc) is 3.05. The van der Waals surface area contributed by atoms with Gasteiger partial charge in [0.25, 0.3) is 0 Å². The fourth-order valence-corrected chi connectivity index (χ4v) is 3.30. The van der Waals surface area contributed by atoms with Gasteiger partial charge in [0.05, 0.1) is 12.2 Å². The summed E-state index contributed by atoms with van der Waals surface area (Å²) < 4.78 is 13.7. The lowest BCUT2D eigenvalue weighted by Crippen LogP contribution is -2.40. The van der Waals surface area contributed by atoms with Gasteiger partial charge in [-0.05, 0) is 25.0 Å². The number of halogens is 1. The highest BCUT2D eigenvalue weighted by Gasteiger charge is 2.21. The van der Waals surface area contributed by atoms with E-state index in [0.717, 1.165) is 36.2 Å². The number of fused-ring (bicyclic) bond motifs is 1.